The molecule has 37 heavy (non-hydrogen) atoms. The second kappa shape index (κ2) is 8.91. The number of anilines is 1. The molecule has 5 fully saturated rings. The minimum absolute atomic E-state index is 0.209. The lowest BCUT2D eigenvalue weighted by Crippen LogP contribution is -2.58. The van der Waals surface area contributed by atoms with Crippen molar-refractivity contribution in [3.05, 3.63) is 40.0 Å². The van der Waals surface area contributed by atoms with Crippen LogP contribution in [0.5, 0.6) is 0 Å². The van der Waals surface area contributed by atoms with Gasteiger partial charge in [0.25, 0.3) is 0 Å². The van der Waals surface area contributed by atoms with Gasteiger partial charge in [0.2, 0.25) is 11.8 Å². The highest BCUT2D eigenvalue weighted by molar-refractivity contribution is 7.09. The number of hydrogen-bond acceptors (Lipinski definition) is 7. The van der Waals surface area contributed by atoms with Gasteiger partial charge in [-0.15, -0.1) is 11.3 Å². The number of hydrogen-bond donors (Lipinski definition) is 3. The van der Waals surface area contributed by atoms with E-state index in [2.05, 4.69) is 21.3 Å². The third-order valence-electron chi connectivity index (χ3n) is 9.17. The SMILES string of the molecule is Cn1nc(C2CCC(=O)NC2=O)c2cccc(NCc3nc(CNC45CC6CC(CC(C6)C4)C5)cs3)c21. The van der Waals surface area contributed by atoms with Gasteiger partial charge in [-0.25, -0.2) is 4.98 Å². The van der Waals surface area contributed by atoms with Crippen molar-refractivity contribution in [2.45, 2.75) is 75.9 Å². The standard InChI is InChI=1S/C28H34N6O2S/c1-34-26-20(25(33-34)21-5-6-23(35)32-27(21)36)3-2-4-22(26)29-14-24-31-19(15-37-24)13-30-28-10-16-7-17(11-28)9-18(8-16)12-28/h2-4,15-18,21,29-30H,5-14H2,1H3,(H,32,35,36). The third kappa shape index (κ3) is 4.26. The number of piperidine rings is 1. The number of amides is 2. The van der Waals surface area contributed by atoms with Crippen molar-refractivity contribution >= 4 is 39.7 Å². The molecule has 1 saturated heterocycles. The first-order chi connectivity index (χ1) is 17.9. The number of nitrogens with one attached hydrogen (secondary N) is 3. The number of imide groups is 1. The quantitative estimate of drug-likeness (QED) is 0.405. The number of nitrogens with zero attached hydrogens (tertiary/aromatic N) is 3. The van der Waals surface area contributed by atoms with Crippen molar-refractivity contribution in [3.8, 4) is 0 Å². The zero-order valence-electron chi connectivity index (χ0n) is 21.3. The molecular weight excluding hydrogens is 484 g/mol. The Balaban J connectivity index is 1.03. The molecular formula is C28H34N6O2S. The normalized spacial score (nSPS) is 30.7. The van der Waals surface area contributed by atoms with E-state index in [1.807, 2.05) is 29.9 Å². The molecule has 4 saturated carbocycles. The van der Waals surface area contributed by atoms with Crippen LogP contribution in [-0.2, 0) is 29.7 Å². The maximum Gasteiger partial charge on any atom is 0.235 e. The van der Waals surface area contributed by atoms with Gasteiger partial charge in [0.15, 0.2) is 0 Å². The fraction of sp³-hybridized carbons (Fsp3) is 0.571. The number of aryl methyl sites for hydroxylation is 1. The van der Waals surface area contributed by atoms with Crippen LogP contribution < -0.4 is 16.0 Å². The molecule has 0 radical (unpaired) electrons. The van der Waals surface area contributed by atoms with Crippen molar-refractivity contribution in [2.75, 3.05) is 5.32 Å². The van der Waals surface area contributed by atoms with Gasteiger partial charge in [0.05, 0.1) is 35.1 Å². The Labute approximate surface area is 220 Å². The lowest BCUT2D eigenvalue weighted by Gasteiger charge is -2.57. The van der Waals surface area contributed by atoms with E-state index in [-0.39, 0.29) is 11.8 Å². The zero-order chi connectivity index (χ0) is 25.1. The molecule has 3 aromatic rings. The number of fused-ring (bicyclic) bond motifs is 1. The largest absolute Gasteiger partial charge is 0.377 e. The summed E-state index contributed by atoms with van der Waals surface area (Å²) in [6, 6.07) is 6.04. The molecule has 5 aliphatic rings. The summed E-state index contributed by atoms with van der Waals surface area (Å²) in [6.07, 6.45) is 9.29. The number of para-hydroxylation sites is 1. The Hall–Kier alpha value is -2.78. The molecule has 9 heteroatoms. The summed E-state index contributed by atoms with van der Waals surface area (Å²) in [6.45, 7) is 1.50. The van der Waals surface area contributed by atoms with Gasteiger partial charge in [-0.2, -0.15) is 5.10 Å². The summed E-state index contributed by atoms with van der Waals surface area (Å²) in [4.78, 5) is 29.0. The second-order valence-electron chi connectivity index (χ2n) is 11.9. The predicted molar refractivity (Wildman–Crippen MR) is 143 cm³/mol. The van der Waals surface area contributed by atoms with Crippen LogP contribution in [0.25, 0.3) is 10.9 Å². The fourth-order valence-corrected chi connectivity index (χ4v) is 8.74. The molecule has 194 valence electrons. The van der Waals surface area contributed by atoms with Gasteiger partial charge in [0, 0.05) is 36.3 Å². The van der Waals surface area contributed by atoms with E-state index >= 15 is 0 Å². The lowest BCUT2D eigenvalue weighted by atomic mass is 9.53. The minimum atomic E-state index is -0.403. The summed E-state index contributed by atoms with van der Waals surface area (Å²) in [5, 5.41) is 18.9. The highest BCUT2D eigenvalue weighted by atomic mass is 32.1. The van der Waals surface area contributed by atoms with Gasteiger partial charge >= 0.3 is 0 Å². The van der Waals surface area contributed by atoms with E-state index in [1.54, 1.807) is 11.3 Å². The van der Waals surface area contributed by atoms with Crippen LogP contribution in [0.15, 0.2) is 23.6 Å². The molecule has 1 aromatic carbocycles. The zero-order valence-corrected chi connectivity index (χ0v) is 22.1. The minimum Gasteiger partial charge on any atom is -0.377 e. The Morgan fingerprint density at radius 3 is 2.59 bits per heavy atom. The number of carbonyl (C=O) groups is 2. The summed E-state index contributed by atoms with van der Waals surface area (Å²) in [7, 11) is 1.90. The number of aromatic nitrogens is 3. The summed E-state index contributed by atoms with van der Waals surface area (Å²) in [5.74, 6) is 1.96. The van der Waals surface area contributed by atoms with Crippen LogP contribution in [0.2, 0.25) is 0 Å². The van der Waals surface area contributed by atoms with Gasteiger partial charge in [0.1, 0.15) is 5.01 Å². The molecule has 4 bridgehead atoms. The van der Waals surface area contributed by atoms with Gasteiger partial charge in [-0.05, 0) is 68.8 Å². The molecule has 8 rings (SSSR count). The Kier molecular flexibility index (Phi) is 5.62. The van der Waals surface area contributed by atoms with Crippen molar-refractivity contribution in [3.63, 3.8) is 0 Å². The molecule has 3 heterocycles. The van der Waals surface area contributed by atoms with Gasteiger partial charge in [-0.3, -0.25) is 19.6 Å². The first-order valence-electron chi connectivity index (χ1n) is 13.7. The van der Waals surface area contributed by atoms with Crippen LogP contribution in [-0.4, -0.2) is 32.1 Å². The first kappa shape index (κ1) is 23.3. The van der Waals surface area contributed by atoms with E-state index in [9.17, 15) is 9.59 Å². The molecule has 8 nitrogen and oxygen atoms in total. The van der Waals surface area contributed by atoms with Crippen LogP contribution in [0.4, 0.5) is 5.69 Å². The topological polar surface area (TPSA) is 101 Å². The average Bonchev–Trinajstić information content (AvgIpc) is 3.45. The van der Waals surface area contributed by atoms with E-state index in [0.717, 1.165) is 57.3 Å². The number of carbonyl (C=O) groups excluding carboxylic acids is 2. The van der Waals surface area contributed by atoms with Crippen molar-refractivity contribution in [1.82, 2.24) is 25.4 Å². The first-order valence-corrected chi connectivity index (χ1v) is 14.5. The molecule has 1 atom stereocenters. The smallest absolute Gasteiger partial charge is 0.235 e. The summed E-state index contributed by atoms with van der Waals surface area (Å²) >= 11 is 1.70. The molecule has 2 aromatic heterocycles. The highest BCUT2D eigenvalue weighted by Gasteiger charge is 2.50. The van der Waals surface area contributed by atoms with E-state index < -0.39 is 5.92 Å². The summed E-state index contributed by atoms with van der Waals surface area (Å²) < 4.78 is 1.83. The monoisotopic (exact) mass is 518 g/mol. The van der Waals surface area contributed by atoms with Crippen molar-refractivity contribution in [2.24, 2.45) is 24.8 Å². The maximum absolute atomic E-state index is 12.5. The van der Waals surface area contributed by atoms with E-state index in [0.29, 0.717) is 24.9 Å². The number of thiazole rings is 1. The Bertz CT molecular complexity index is 1340. The Morgan fingerprint density at radius 2 is 1.86 bits per heavy atom. The van der Waals surface area contributed by atoms with Crippen LogP contribution >= 0.6 is 11.3 Å². The molecule has 2 amide bonds. The number of rotatable bonds is 7. The molecule has 0 spiro atoms. The van der Waals surface area contributed by atoms with Crippen LogP contribution in [0.1, 0.15) is 73.7 Å². The van der Waals surface area contributed by atoms with Crippen LogP contribution in [0.3, 0.4) is 0 Å². The summed E-state index contributed by atoms with van der Waals surface area (Å²) in [5.41, 5.74) is 4.15. The van der Waals surface area contributed by atoms with E-state index in [1.165, 1.54) is 38.5 Å². The van der Waals surface area contributed by atoms with Gasteiger partial charge < -0.3 is 10.6 Å². The average molecular weight is 519 g/mol. The van der Waals surface area contributed by atoms with Gasteiger partial charge in [-0.1, -0.05) is 12.1 Å². The maximum atomic E-state index is 12.5. The highest BCUT2D eigenvalue weighted by Crippen LogP contribution is 2.55. The van der Waals surface area contributed by atoms with Crippen molar-refractivity contribution in [1.29, 1.82) is 0 Å². The molecule has 4 aliphatic carbocycles. The third-order valence-corrected chi connectivity index (χ3v) is 10.1. The fourth-order valence-electron chi connectivity index (χ4n) is 8.01. The number of benzene rings is 1. The van der Waals surface area contributed by atoms with Crippen LogP contribution in [0, 0.1) is 17.8 Å². The molecule has 3 N–H and O–H groups in total. The second-order valence-corrected chi connectivity index (χ2v) is 12.8. The Morgan fingerprint density at radius 1 is 1.11 bits per heavy atom. The lowest BCUT2D eigenvalue weighted by molar-refractivity contribution is -0.134. The molecule has 1 aliphatic heterocycles. The molecule has 1 unspecified atom stereocenters. The predicted octanol–water partition coefficient (Wildman–Crippen LogP) is 4.22. The van der Waals surface area contributed by atoms with E-state index in [4.69, 9.17) is 10.1 Å². The van der Waals surface area contributed by atoms with Crippen molar-refractivity contribution < 1.29 is 9.59 Å².